The number of likely N-dealkylation sites (tertiary alicyclic amines) is 1. The summed E-state index contributed by atoms with van der Waals surface area (Å²) in [6, 6.07) is 8.95. The molecule has 0 aliphatic carbocycles. The van der Waals surface area contributed by atoms with Crippen LogP contribution in [0.5, 0.6) is 0 Å². The Labute approximate surface area is 118 Å². The van der Waals surface area contributed by atoms with Gasteiger partial charge in [-0.05, 0) is 43.7 Å². The van der Waals surface area contributed by atoms with Gasteiger partial charge in [-0.3, -0.25) is 9.69 Å². The van der Waals surface area contributed by atoms with Gasteiger partial charge in [0, 0.05) is 17.5 Å². The largest absolute Gasteiger partial charge is 0.481 e. The fourth-order valence-corrected chi connectivity index (χ4v) is 4.25. The Kier molecular flexibility index (Phi) is 3.31. The number of aliphatic carboxylic acids is 1. The van der Waals surface area contributed by atoms with Gasteiger partial charge in [-0.2, -0.15) is 0 Å². The van der Waals surface area contributed by atoms with Gasteiger partial charge in [0.15, 0.2) is 0 Å². The van der Waals surface area contributed by atoms with Gasteiger partial charge < -0.3 is 5.11 Å². The van der Waals surface area contributed by atoms with E-state index in [1.54, 1.807) is 0 Å². The summed E-state index contributed by atoms with van der Waals surface area (Å²) in [4.78, 5) is 15.1. The van der Waals surface area contributed by atoms with E-state index in [0.717, 1.165) is 25.1 Å². The molecule has 0 aromatic heterocycles. The average molecular weight is 277 g/mol. The maximum atomic E-state index is 11.4. The van der Waals surface area contributed by atoms with Crippen molar-refractivity contribution >= 4 is 17.7 Å². The summed E-state index contributed by atoms with van der Waals surface area (Å²) in [5.74, 6) is 0.468. The lowest BCUT2D eigenvalue weighted by atomic mass is 9.90. The number of carboxylic acid groups (broad SMARTS) is 1. The second kappa shape index (κ2) is 4.84. The molecule has 1 N–H and O–H groups in total. The molecule has 2 atom stereocenters. The summed E-state index contributed by atoms with van der Waals surface area (Å²) in [5, 5.41) is 9.35. The average Bonchev–Trinajstić information content (AvgIpc) is 2.82. The highest BCUT2D eigenvalue weighted by Crippen LogP contribution is 2.43. The minimum atomic E-state index is -0.659. The van der Waals surface area contributed by atoms with Gasteiger partial charge in [0.2, 0.25) is 0 Å². The van der Waals surface area contributed by atoms with Gasteiger partial charge in [0.25, 0.3) is 0 Å². The van der Waals surface area contributed by atoms with E-state index >= 15 is 0 Å². The van der Waals surface area contributed by atoms with Crippen molar-refractivity contribution in [2.45, 2.75) is 30.7 Å². The smallest absolute Gasteiger partial charge is 0.310 e. The van der Waals surface area contributed by atoms with Gasteiger partial charge in [0.05, 0.1) is 5.41 Å². The highest BCUT2D eigenvalue weighted by Gasteiger charge is 2.43. The second-order valence-electron chi connectivity index (χ2n) is 5.78. The predicted molar refractivity (Wildman–Crippen MR) is 76.5 cm³/mol. The van der Waals surface area contributed by atoms with Crippen LogP contribution in [0.25, 0.3) is 0 Å². The molecule has 0 saturated carbocycles. The first-order valence-electron chi connectivity index (χ1n) is 6.79. The van der Waals surface area contributed by atoms with Crippen molar-refractivity contribution in [3.8, 4) is 0 Å². The molecular weight excluding hydrogens is 258 g/mol. The Morgan fingerprint density at radius 3 is 3.00 bits per heavy atom. The minimum Gasteiger partial charge on any atom is -0.481 e. The van der Waals surface area contributed by atoms with Crippen molar-refractivity contribution in [3.05, 3.63) is 29.8 Å². The molecule has 2 unspecified atom stereocenters. The van der Waals surface area contributed by atoms with Gasteiger partial charge in [-0.15, -0.1) is 11.8 Å². The van der Waals surface area contributed by atoms with E-state index in [9.17, 15) is 9.90 Å². The van der Waals surface area contributed by atoms with E-state index < -0.39 is 11.4 Å². The molecule has 2 aliphatic rings. The van der Waals surface area contributed by atoms with E-state index in [0.29, 0.717) is 12.6 Å². The number of carboxylic acids is 1. The van der Waals surface area contributed by atoms with Crippen molar-refractivity contribution in [2.24, 2.45) is 5.41 Å². The van der Waals surface area contributed by atoms with Gasteiger partial charge in [0.1, 0.15) is 0 Å². The van der Waals surface area contributed by atoms with Crippen LogP contribution < -0.4 is 0 Å². The van der Waals surface area contributed by atoms with Crippen LogP contribution in [0, 0.1) is 5.41 Å². The molecule has 2 heterocycles. The monoisotopic (exact) mass is 277 g/mol. The molecular formula is C15H19NO2S. The summed E-state index contributed by atoms with van der Waals surface area (Å²) < 4.78 is 0. The highest BCUT2D eigenvalue weighted by atomic mass is 32.2. The summed E-state index contributed by atoms with van der Waals surface area (Å²) in [6.45, 7) is 3.44. The second-order valence-corrected chi connectivity index (χ2v) is 6.91. The van der Waals surface area contributed by atoms with Crippen LogP contribution in [0.1, 0.15) is 31.4 Å². The zero-order chi connectivity index (χ0) is 13.5. The van der Waals surface area contributed by atoms with Crippen LogP contribution in [-0.2, 0) is 4.79 Å². The third-order valence-corrected chi connectivity index (χ3v) is 5.51. The summed E-state index contributed by atoms with van der Waals surface area (Å²) in [6.07, 6.45) is 1.88. The number of benzene rings is 1. The van der Waals surface area contributed by atoms with Gasteiger partial charge in [-0.25, -0.2) is 0 Å². The predicted octanol–water partition coefficient (Wildman–Crippen LogP) is 3.02. The molecule has 102 valence electrons. The molecule has 0 spiro atoms. The number of rotatable bonds is 2. The highest BCUT2D eigenvalue weighted by molar-refractivity contribution is 7.99. The quantitative estimate of drug-likeness (QED) is 0.902. The van der Waals surface area contributed by atoms with E-state index in [4.69, 9.17) is 0 Å². The summed E-state index contributed by atoms with van der Waals surface area (Å²) in [5.41, 5.74) is 0.813. The fourth-order valence-electron chi connectivity index (χ4n) is 3.14. The molecule has 1 aromatic carbocycles. The van der Waals surface area contributed by atoms with Crippen LogP contribution in [0.4, 0.5) is 0 Å². The lowest BCUT2D eigenvalue weighted by Gasteiger charge is -2.33. The summed E-state index contributed by atoms with van der Waals surface area (Å²) >= 11 is 1.91. The third-order valence-electron chi connectivity index (χ3n) is 4.39. The molecule has 0 radical (unpaired) electrons. The van der Waals surface area contributed by atoms with Crippen LogP contribution >= 0.6 is 11.8 Å². The minimum absolute atomic E-state index is 0.402. The number of fused-ring (bicyclic) bond motifs is 1. The van der Waals surface area contributed by atoms with Crippen molar-refractivity contribution in [1.82, 2.24) is 4.90 Å². The molecule has 1 saturated heterocycles. The first kappa shape index (κ1) is 13.0. The van der Waals surface area contributed by atoms with E-state index in [2.05, 4.69) is 29.2 Å². The van der Waals surface area contributed by atoms with E-state index in [-0.39, 0.29) is 0 Å². The molecule has 1 fully saturated rings. The molecule has 4 heteroatoms. The van der Waals surface area contributed by atoms with Crippen molar-refractivity contribution in [3.63, 3.8) is 0 Å². The maximum absolute atomic E-state index is 11.4. The zero-order valence-corrected chi connectivity index (χ0v) is 11.9. The Hall–Kier alpha value is -1.00. The first-order valence-corrected chi connectivity index (χ1v) is 7.78. The normalized spacial score (nSPS) is 31.1. The Bertz CT molecular complexity index is 505. The topological polar surface area (TPSA) is 40.5 Å². The lowest BCUT2D eigenvalue weighted by Crippen LogP contribution is -2.34. The zero-order valence-electron chi connectivity index (χ0n) is 11.1. The molecule has 1 aromatic rings. The molecule has 2 aliphatic heterocycles. The van der Waals surface area contributed by atoms with Crippen molar-refractivity contribution in [1.29, 1.82) is 0 Å². The molecule has 0 amide bonds. The molecule has 0 bridgehead atoms. The molecule has 3 rings (SSSR count). The fraction of sp³-hybridized carbons (Fsp3) is 0.533. The Morgan fingerprint density at radius 2 is 2.26 bits per heavy atom. The Balaban J connectivity index is 1.84. The lowest BCUT2D eigenvalue weighted by molar-refractivity contribution is -0.147. The number of hydrogen-bond acceptors (Lipinski definition) is 3. The number of nitrogens with zero attached hydrogens (tertiary/aromatic N) is 1. The number of hydrogen-bond donors (Lipinski definition) is 1. The third kappa shape index (κ3) is 2.28. The maximum Gasteiger partial charge on any atom is 0.310 e. The summed E-state index contributed by atoms with van der Waals surface area (Å²) in [7, 11) is 0. The van der Waals surface area contributed by atoms with Gasteiger partial charge in [-0.1, -0.05) is 18.2 Å². The number of thioether (sulfide) groups is 1. The van der Waals surface area contributed by atoms with Crippen LogP contribution in [-0.4, -0.2) is 34.8 Å². The van der Waals surface area contributed by atoms with Crippen LogP contribution in [0.3, 0.4) is 0 Å². The SMILES string of the molecule is CC1(C(=O)O)CCN(C2CCSc3ccccc32)C1. The van der Waals surface area contributed by atoms with Crippen LogP contribution in [0.15, 0.2) is 29.2 Å². The van der Waals surface area contributed by atoms with E-state index in [1.807, 2.05) is 18.7 Å². The Morgan fingerprint density at radius 1 is 1.47 bits per heavy atom. The standard InChI is InChI=1S/C15H19NO2S/c1-15(14(17)18)7-8-16(10-15)12-6-9-19-13-5-3-2-4-11(12)13/h2-5,12H,6-10H2,1H3,(H,17,18). The molecule has 19 heavy (non-hydrogen) atoms. The number of carbonyl (C=O) groups is 1. The first-order chi connectivity index (χ1) is 9.10. The van der Waals surface area contributed by atoms with Gasteiger partial charge >= 0.3 is 5.97 Å². The van der Waals surface area contributed by atoms with Crippen LogP contribution in [0.2, 0.25) is 0 Å². The van der Waals surface area contributed by atoms with Crippen molar-refractivity contribution < 1.29 is 9.90 Å². The van der Waals surface area contributed by atoms with Crippen molar-refractivity contribution in [2.75, 3.05) is 18.8 Å². The van der Waals surface area contributed by atoms with E-state index in [1.165, 1.54) is 10.5 Å². The molecule has 3 nitrogen and oxygen atoms in total.